The molecule has 1 aliphatic heterocycles. The number of ether oxygens (including phenoxy) is 1. The van der Waals surface area contributed by atoms with Crippen LogP contribution in [0.1, 0.15) is 50.8 Å². The lowest BCUT2D eigenvalue weighted by Crippen LogP contribution is -2.35. The van der Waals surface area contributed by atoms with Crippen molar-refractivity contribution in [3.8, 4) is 0 Å². The van der Waals surface area contributed by atoms with E-state index in [2.05, 4.69) is 5.32 Å². The standard InChI is InChI=1S/C22H22N2O5/c1-15(23-20(26)16-8-3-2-4-9-16)14-19(25)29-13-7-12-24-21(27)17-10-5-6-11-18(17)22(24)28/h2-6,8-11,15H,7,12-14H2,1H3,(H,23,26). The van der Waals surface area contributed by atoms with Gasteiger partial charge in [0.25, 0.3) is 17.7 Å². The minimum Gasteiger partial charge on any atom is -0.466 e. The molecule has 1 heterocycles. The maximum absolute atomic E-state index is 12.3. The third-order valence-corrected chi connectivity index (χ3v) is 4.55. The summed E-state index contributed by atoms with van der Waals surface area (Å²) in [6.45, 7) is 1.99. The van der Waals surface area contributed by atoms with Gasteiger partial charge in [-0.3, -0.25) is 24.1 Å². The van der Waals surface area contributed by atoms with Gasteiger partial charge in [0, 0.05) is 18.2 Å². The third-order valence-electron chi connectivity index (χ3n) is 4.55. The number of carbonyl (C=O) groups is 4. The lowest BCUT2D eigenvalue weighted by Gasteiger charge is -2.15. The van der Waals surface area contributed by atoms with Crippen LogP contribution in [-0.4, -0.2) is 47.8 Å². The second-order valence-electron chi connectivity index (χ2n) is 6.83. The average Bonchev–Trinajstić information content (AvgIpc) is 2.96. The van der Waals surface area contributed by atoms with Gasteiger partial charge in [-0.2, -0.15) is 0 Å². The van der Waals surface area contributed by atoms with Crippen LogP contribution in [0.25, 0.3) is 0 Å². The first-order valence-corrected chi connectivity index (χ1v) is 9.44. The largest absolute Gasteiger partial charge is 0.466 e. The fourth-order valence-corrected chi connectivity index (χ4v) is 3.11. The van der Waals surface area contributed by atoms with Crippen LogP contribution in [0.15, 0.2) is 54.6 Å². The molecule has 7 nitrogen and oxygen atoms in total. The molecule has 0 aliphatic carbocycles. The van der Waals surface area contributed by atoms with E-state index in [-0.39, 0.29) is 43.3 Å². The van der Waals surface area contributed by atoms with E-state index in [4.69, 9.17) is 4.74 Å². The molecule has 1 unspecified atom stereocenters. The highest BCUT2D eigenvalue weighted by Gasteiger charge is 2.34. The number of esters is 1. The molecule has 1 atom stereocenters. The van der Waals surface area contributed by atoms with Gasteiger partial charge in [0.05, 0.1) is 24.2 Å². The van der Waals surface area contributed by atoms with Gasteiger partial charge < -0.3 is 10.1 Å². The fourth-order valence-electron chi connectivity index (χ4n) is 3.11. The van der Waals surface area contributed by atoms with Crippen LogP contribution < -0.4 is 5.32 Å². The third kappa shape index (κ3) is 4.87. The van der Waals surface area contributed by atoms with Gasteiger partial charge in [0.2, 0.25) is 0 Å². The maximum atomic E-state index is 12.3. The van der Waals surface area contributed by atoms with E-state index in [0.717, 1.165) is 0 Å². The Hall–Kier alpha value is -3.48. The summed E-state index contributed by atoms with van der Waals surface area (Å²) < 4.78 is 5.17. The Morgan fingerprint density at radius 3 is 2.17 bits per heavy atom. The van der Waals surface area contributed by atoms with Crippen LogP contribution in [0.2, 0.25) is 0 Å². The normalized spacial score (nSPS) is 13.8. The van der Waals surface area contributed by atoms with E-state index < -0.39 is 5.97 Å². The van der Waals surface area contributed by atoms with E-state index in [0.29, 0.717) is 23.1 Å². The predicted molar refractivity (Wildman–Crippen MR) is 105 cm³/mol. The molecule has 0 radical (unpaired) electrons. The smallest absolute Gasteiger partial charge is 0.307 e. The van der Waals surface area contributed by atoms with Crippen molar-refractivity contribution in [1.82, 2.24) is 10.2 Å². The predicted octanol–water partition coefficient (Wildman–Crippen LogP) is 2.42. The monoisotopic (exact) mass is 394 g/mol. The number of nitrogens with one attached hydrogen (secondary N) is 1. The van der Waals surface area contributed by atoms with Gasteiger partial charge in [0.1, 0.15) is 0 Å². The molecular formula is C22H22N2O5. The van der Waals surface area contributed by atoms with Crippen LogP contribution in [0.4, 0.5) is 0 Å². The summed E-state index contributed by atoms with van der Waals surface area (Å²) in [5.74, 6) is -1.35. The van der Waals surface area contributed by atoms with Crippen LogP contribution in [-0.2, 0) is 9.53 Å². The summed E-state index contributed by atoms with van der Waals surface area (Å²) >= 11 is 0. The molecule has 3 amide bonds. The van der Waals surface area contributed by atoms with E-state index in [9.17, 15) is 19.2 Å². The first-order chi connectivity index (χ1) is 14.0. The number of imide groups is 1. The highest BCUT2D eigenvalue weighted by atomic mass is 16.5. The number of amides is 3. The second-order valence-corrected chi connectivity index (χ2v) is 6.83. The zero-order chi connectivity index (χ0) is 20.8. The topological polar surface area (TPSA) is 92.8 Å². The number of benzene rings is 2. The lowest BCUT2D eigenvalue weighted by molar-refractivity contribution is -0.144. The van der Waals surface area contributed by atoms with Crippen molar-refractivity contribution in [2.24, 2.45) is 0 Å². The van der Waals surface area contributed by atoms with Crippen LogP contribution >= 0.6 is 0 Å². The number of nitrogens with zero attached hydrogens (tertiary/aromatic N) is 1. The Balaban J connectivity index is 1.38. The van der Waals surface area contributed by atoms with Gasteiger partial charge in [-0.05, 0) is 37.6 Å². The molecule has 2 aromatic carbocycles. The summed E-state index contributed by atoms with van der Waals surface area (Å²) in [6.07, 6.45) is 0.382. The Morgan fingerprint density at radius 1 is 0.966 bits per heavy atom. The second kappa shape index (κ2) is 9.14. The first-order valence-electron chi connectivity index (χ1n) is 9.44. The highest BCUT2D eigenvalue weighted by molar-refractivity contribution is 6.21. The van der Waals surface area contributed by atoms with Crippen molar-refractivity contribution in [2.75, 3.05) is 13.2 Å². The molecule has 0 fully saturated rings. The molecule has 7 heteroatoms. The first kappa shape index (κ1) is 20.3. The summed E-state index contributed by atoms with van der Waals surface area (Å²) in [5.41, 5.74) is 1.32. The molecule has 1 aliphatic rings. The lowest BCUT2D eigenvalue weighted by atomic mass is 10.1. The van der Waals surface area contributed by atoms with Gasteiger partial charge in [-0.25, -0.2) is 0 Å². The van der Waals surface area contributed by atoms with E-state index >= 15 is 0 Å². The Labute approximate surface area is 168 Å². The Bertz CT molecular complexity index is 891. The zero-order valence-electron chi connectivity index (χ0n) is 16.1. The van der Waals surface area contributed by atoms with E-state index in [1.165, 1.54) is 4.90 Å². The van der Waals surface area contributed by atoms with E-state index in [1.807, 2.05) is 6.07 Å². The van der Waals surface area contributed by atoms with Gasteiger partial charge in [0.15, 0.2) is 0 Å². The van der Waals surface area contributed by atoms with Crippen LogP contribution in [0.3, 0.4) is 0 Å². The number of hydrogen-bond donors (Lipinski definition) is 1. The van der Waals surface area contributed by atoms with Crippen LogP contribution in [0.5, 0.6) is 0 Å². The molecule has 2 aromatic rings. The van der Waals surface area contributed by atoms with Crippen LogP contribution in [0, 0.1) is 0 Å². The molecule has 0 aromatic heterocycles. The van der Waals surface area contributed by atoms with Crippen molar-refractivity contribution in [2.45, 2.75) is 25.8 Å². The SMILES string of the molecule is CC(CC(=O)OCCCN1C(=O)c2ccccc2C1=O)NC(=O)c1ccccc1. The average molecular weight is 394 g/mol. The molecule has 29 heavy (non-hydrogen) atoms. The number of hydrogen-bond acceptors (Lipinski definition) is 5. The Morgan fingerprint density at radius 2 is 1.55 bits per heavy atom. The molecule has 0 bridgehead atoms. The number of carbonyl (C=O) groups excluding carboxylic acids is 4. The van der Waals surface area contributed by atoms with Crippen molar-refractivity contribution in [1.29, 1.82) is 0 Å². The molecular weight excluding hydrogens is 372 g/mol. The summed E-state index contributed by atoms with van der Waals surface area (Å²) in [5, 5.41) is 2.75. The minimum absolute atomic E-state index is 0.0333. The van der Waals surface area contributed by atoms with Crippen molar-refractivity contribution in [3.63, 3.8) is 0 Å². The summed E-state index contributed by atoms with van der Waals surface area (Å²) in [7, 11) is 0. The van der Waals surface area contributed by atoms with Gasteiger partial charge in [-0.1, -0.05) is 30.3 Å². The maximum Gasteiger partial charge on any atom is 0.307 e. The summed E-state index contributed by atoms with van der Waals surface area (Å²) in [6, 6.07) is 15.0. The summed E-state index contributed by atoms with van der Waals surface area (Å²) in [4.78, 5) is 49.7. The Kier molecular flexibility index (Phi) is 6.39. The van der Waals surface area contributed by atoms with Crippen molar-refractivity contribution >= 4 is 23.7 Å². The van der Waals surface area contributed by atoms with Crippen molar-refractivity contribution in [3.05, 3.63) is 71.3 Å². The molecule has 3 rings (SSSR count). The fraction of sp³-hybridized carbons (Fsp3) is 0.273. The molecule has 0 spiro atoms. The zero-order valence-corrected chi connectivity index (χ0v) is 16.1. The van der Waals surface area contributed by atoms with Gasteiger partial charge in [-0.15, -0.1) is 0 Å². The minimum atomic E-state index is -0.451. The van der Waals surface area contributed by atoms with Crippen molar-refractivity contribution < 1.29 is 23.9 Å². The number of rotatable bonds is 8. The molecule has 0 saturated carbocycles. The quantitative estimate of drug-likeness (QED) is 0.422. The molecule has 1 N–H and O–H groups in total. The molecule has 0 saturated heterocycles. The molecule has 150 valence electrons. The van der Waals surface area contributed by atoms with E-state index in [1.54, 1.807) is 55.5 Å². The highest BCUT2D eigenvalue weighted by Crippen LogP contribution is 2.22. The van der Waals surface area contributed by atoms with Gasteiger partial charge >= 0.3 is 5.97 Å². The number of fused-ring (bicyclic) bond motifs is 1.